The number of rotatable bonds is 11. The van der Waals surface area contributed by atoms with Gasteiger partial charge in [0, 0.05) is 51.4 Å². The summed E-state index contributed by atoms with van der Waals surface area (Å²) >= 11 is 6.92. The zero-order chi connectivity index (χ0) is 32.8. The zero-order valence-corrected chi connectivity index (χ0v) is 28.4. The van der Waals surface area contributed by atoms with Gasteiger partial charge in [0.15, 0.2) is 11.5 Å². The number of nitrogens with zero attached hydrogens (tertiary/aromatic N) is 5. The van der Waals surface area contributed by atoms with Gasteiger partial charge in [-0.05, 0) is 54.7 Å². The van der Waals surface area contributed by atoms with Crippen LogP contribution in [0.3, 0.4) is 0 Å². The molecule has 5 rings (SSSR count). The van der Waals surface area contributed by atoms with Crippen LogP contribution in [0.5, 0.6) is 11.5 Å². The van der Waals surface area contributed by atoms with Gasteiger partial charge in [-0.2, -0.15) is 5.26 Å². The minimum atomic E-state index is -0.289. The molecule has 2 aromatic carbocycles. The third-order valence-corrected chi connectivity index (χ3v) is 9.81. The number of thiocarbonyl (C=S) groups is 1. The molecule has 0 bridgehead atoms. The lowest BCUT2D eigenvalue weighted by atomic mass is 10.0. The molecule has 3 aromatic rings. The van der Waals surface area contributed by atoms with E-state index in [1.54, 1.807) is 30.6 Å². The molecular weight excluding hydrogens is 619 g/mol. The van der Waals surface area contributed by atoms with E-state index in [0.717, 1.165) is 43.0 Å². The third-order valence-electron chi connectivity index (χ3n) is 8.44. The number of hydrogen-bond acceptors (Lipinski definition) is 9. The highest BCUT2D eigenvalue weighted by molar-refractivity contribution is 8.26. The number of aromatic nitrogens is 1. The van der Waals surface area contributed by atoms with Crippen LogP contribution in [0.1, 0.15) is 41.2 Å². The molecule has 2 fully saturated rings. The van der Waals surface area contributed by atoms with E-state index in [-0.39, 0.29) is 17.0 Å². The minimum absolute atomic E-state index is 0.107. The molecule has 3 heterocycles. The summed E-state index contributed by atoms with van der Waals surface area (Å²) in [7, 11) is 3.19. The Morgan fingerprint density at radius 3 is 2.35 bits per heavy atom. The number of amides is 1. The van der Waals surface area contributed by atoms with Crippen molar-refractivity contribution in [1.82, 2.24) is 14.4 Å². The first kappa shape index (κ1) is 33.3. The normalized spacial score (nSPS) is 16.3. The number of nitriles is 1. The molecule has 1 amide bonds. The van der Waals surface area contributed by atoms with E-state index in [2.05, 4.69) is 40.1 Å². The highest BCUT2D eigenvalue weighted by Crippen LogP contribution is 2.36. The van der Waals surface area contributed by atoms with Crippen molar-refractivity contribution in [2.75, 3.05) is 51.8 Å². The molecule has 1 aromatic heterocycles. The van der Waals surface area contributed by atoms with Gasteiger partial charge in [-0.3, -0.25) is 24.0 Å². The maximum atomic E-state index is 13.8. The van der Waals surface area contributed by atoms with Gasteiger partial charge in [0.05, 0.1) is 19.1 Å². The van der Waals surface area contributed by atoms with Crippen LogP contribution in [-0.4, -0.2) is 71.5 Å². The van der Waals surface area contributed by atoms with Crippen LogP contribution in [0.2, 0.25) is 0 Å². The Kier molecular flexibility index (Phi) is 10.8. The SMILES string of the molecule is CCCn1c(N2CCN(Cc3ccccc3)CC2)c(C=C2SC(=S)N(CCc3ccc(OC)c(OC)c3)C2=O)c(C)c(C#N)c1=O. The summed E-state index contributed by atoms with van der Waals surface area (Å²) < 4.78 is 13.0. The lowest BCUT2D eigenvalue weighted by Crippen LogP contribution is -2.48. The van der Waals surface area contributed by atoms with Crippen molar-refractivity contribution in [1.29, 1.82) is 5.26 Å². The first-order chi connectivity index (χ1) is 22.3. The molecule has 9 nitrogen and oxygen atoms in total. The predicted octanol–water partition coefficient (Wildman–Crippen LogP) is 5.22. The summed E-state index contributed by atoms with van der Waals surface area (Å²) in [6, 6.07) is 18.2. The summed E-state index contributed by atoms with van der Waals surface area (Å²) in [6.45, 7) is 8.65. The largest absolute Gasteiger partial charge is 0.493 e. The fourth-order valence-electron chi connectivity index (χ4n) is 5.98. The fourth-order valence-corrected chi connectivity index (χ4v) is 7.27. The van der Waals surface area contributed by atoms with Crippen LogP contribution in [0.15, 0.2) is 58.2 Å². The summed E-state index contributed by atoms with van der Waals surface area (Å²) in [5.41, 5.74) is 3.38. The average Bonchev–Trinajstić information content (AvgIpc) is 3.34. The number of thioether (sulfide) groups is 1. The first-order valence-electron chi connectivity index (χ1n) is 15.4. The van der Waals surface area contributed by atoms with Gasteiger partial charge in [0.1, 0.15) is 21.8 Å². The van der Waals surface area contributed by atoms with E-state index in [4.69, 9.17) is 21.7 Å². The van der Waals surface area contributed by atoms with Crippen molar-refractivity contribution in [3.8, 4) is 17.6 Å². The molecule has 2 aliphatic rings. The highest BCUT2D eigenvalue weighted by Gasteiger charge is 2.33. The monoisotopic (exact) mass is 657 g/mol. The number of piperazine rings is 1. The molecule has 2 aliphatic heterocycles. The van der Waals surface area contributed by atoms with Gasteiger partial charge >= 0.3 is 0 Å². The van der Waals surface area contributed by atoms with Crippen LogP contribution >= 0.6 is 24.0 Å². The molecule has 0 atom stereocenters. The first-order valence-corrected chi connectivity index (χ1v) is 16.7. The highest BCUT2D eigenvalue weighted by atomic mass is 32.2. The van der Waals surface area contributed by atoms with Gasteiger partial charge in [-0.1, -0.05) is 67.3 Å². The molecule has 0 saturated carbocycles. The van der Waals surface area contributed by atoms with Crippen LogP contribution in [0, 0.1) is 18.3 Å². The van der Waals surface area contributed by atoms with Crippen LogP contribution < -0.4 is 19.9 Å². The number of ether oxygens (including phenoxy) is 2. The standard InChI is InChI=1S/C35H39N5O4S2/c1-5-14-39-32(38-18-16-37(17-19-38)23-26-9-7-6-8-10-26)27(24(2)28(22-36)33(39)41)21-31-34(42)40(35(45)46-31)15-13-25-11-12-29(43-3)30(20-25)44-4/h6-12,20-21H,5,13-19,23H2,1-4H3. The smallest absolute Gasteiger partial charge is 0.270 e. The van der Waals surface area contributed by atoms with Crippen molar-refractivity contribution in [2.45, 2.75) is 39.8 Å². The molecule has 0 N–H and O–H groups in total. The van der Waals surface area contributed by atoms with Crippen molar-refractivity contribution in [3.05, 3.63) is 91.6 Å². The Morgan fingerprint density at radius 1 is 0.978 bits per heavy atom. The van der Waals surface area contributed by atoms with Gasteiger partial charge in [0.2, 0.25) is 0 Å². The molecule has 240 valence electrons. The quantitative estimate of drug-likeness (QED) is 0.203. The topological polar surface area (TPSA) is 91.0 Å². The van der Waals surface area contributed by atoms with Gasteiger partial charge in [-0.15, -0.1) is 0 Å². The average molecular weight is 658 g/mol. The lowest BCUT2D eigenvalue weighted by Gasteiger charge is -2.38. The Morgan fingerprint density at radius 2 is 1.70 bits per heavy atom. The minimum Gasteiger partial charge on any atom is -0.493 e. The van der Waals surface area contributed by atoms with Crippen molar-refractivity contribution in [3.63, 3.8) is 0 Å². The zero-order valence-electron chi connectivity index (χ0n) is 26.7. The second kappa shape index (κ2) is 15.0. The van der Waals surface area contributed by atoms with Crippen LogP contribution in [0.4, 0.5) is 5.82 Å². The molecule has 2 saturated heterocycles. The summed E-state index contributed by atoms with van der Waals surface area (Å²) in [4.78, 5) is 34.1. The number of carbonyl (C=O) groups is 1. The summed E-state index contributed by atoms with van der Waals surface area (Å²) in [5, 5.41) is 10.0. The van der Waals surface area contributed by atoms with Gasteiger partial charge < -0.3 is 14.4 Å². The predicted molar refractivity (Wildman–Crippen MR) is 188 cm³/mol. The Labute approximate surface area is 280 Å². The van der Waals surface area contributed by atoms with Crippen LogP contribution in [0.25, 0.3) is 6.08 Å². The lowest BCUT2D eigenvalue weighted by molar-refractivity contribution is -0.122. The summed E-state index contributed by atoms with van der Waals surface area (Å²) in [6.07, 6.45) is 3.15. The number of anilines is 1. The third kappa shape index (κ3) is 6.99. The van der Waals surface area contributed by atoms with Crippen molar-refractivity contribution in [2.24, 2.45) is 0 Å². The van der Waals surface area contributed by atoms with Gasteiger partial charge in [0.25, 0.3) is 11.5 Å². The number of methoxy groups -OCH3 is 2. The molecule has 0 unspecified atom stereocenters. The van der Waals surface area contributed by atoms with E-state index in [9.17, 15) is 14.9 Å². The Bertz CT molecular complexity index is 1740. The second-order valence-electron chi connectivity index (χ2n) is 11.3. The maximum absolute atomic E-state index is 13.8. The molecule has 0 aliphatic carbocycles. The van der Waals surface area contributed by atoms with E-state index in [1.165, 1.54) is 17.3 Å². The Balaban J connectivity index is 1.44. The number of benzene rings is 2. The summed E-state index contributed by atoms with van der Waals surface area (Å²) in [5.74, 6) is 1.85. The number of hydrogen-bond donors (Lipinski definition) is 0. The second-order valence-corrected chi connectivity index (χ2v) is 13.0. The van der Waals surface area contributed by atoms with E-state index in [1.807, 2.05) is 37.3 Å². The molecule has 0 spiro atoms. The van der Waals surface area contributed by atoms with Gasteiger partial charge in [-0.25, -0.2) is 0 Å². The number of pyridine rings is 1. The maximum Gasteiger partial charge on any atom is 0.270 e. The molecular formula is C35H39N5O4S2. The van der Waals surface area contributed by atoms with Crippen molar-refractivity contribution < 1.29 is 14.3 Å². The van der Waals surface area contributed by atoms with E-state index in [0.29, 0.717) is 58.9 Å². The molecule has 0 radical (unpaired) electrons. The van der Waals surface area contributed by atoms with E-state index >= 15 is 0 Å². The van der Waals surface area contributed by atoms with Crippen molar-refractivity contribution >= 4 is 46.1 Å². The molecule has 46 heavy (non-hydrogen) atoms. The fraction of sp³-hybridized carbons (Fsp3) is 0.371. The number of carbonyl (C=O) groups excluding carboxylic acids is 1. The molecule has 11 heteroatoms. The van der Waals surface area contributed by atoms with Crippen LogP contribution in [-0.2, 0) is 24.3 Å². The Hall–Kier alpha value is -4.11. The van der Waals surface area contributed by atoms with E-state index < -0.39 is 0 Å².